The van der Waals surface area contributed by atoms with Crippen molar-refractivity contribution in [2.24, 2.45) is 0 Å². The topological polar surface area (TPSA) is 56.2 Å². The number of nitrogens with zero attached hydrogens (tertiary/aromatic N) is 3. The van der Waals surface area contributed by atoms with Crippen LogP contribution in [0.5, 0.6) is 0 Å². The zero-order valence-corrected chi connectivity index (χ0v) is 7.12. The number of rotatable bonds is 0. The predicted octanol–water partition coefficient (Wildman–Crippen LogP) is 1.07. The lowest BCUT2D eigenvalue weighted by molar-refractivity contribution is 0.952. The van der Waals surface area contributed by atoms with E-state index in [9.17, 15) is 0 Å². The van der Waals surface area contributed by atoms with Crippen molar-refractivity contribution in [3.63, 3.8) is 0 Å². The molecule has 0 atom stereocenters. The van der Waals surface area contributed by atoms with Gasteiger partial charge in [-0.1, -0.05) is 0 Å². The van der Waals surface area contributed by atoms with Gasteiger partial charge in [0.15, 0.2) is 5.82 Å². The zero-order chi connectivity index (χ0) is 7.84. The fourth-order valence-corrected chi connectivity index (χ4v) is 1.25. The number of nitrogen functional groups attached to an aromatic ring is 1. The summed E-state index contributed by atoms with van der Waals surface area (Å²) in [6.45, 7) is 0. The van der Waals surface area contributed by atoms with Crippen molar-refractivity contribution in [3.8, 4) is 0 Å². The second-order valence-electron chi connectivity index (χ2n) is 2.11. The minimum Gasteiger partial charge on any atom is -0.381 e. The van der Waals surface area contributed by atoms with Gasteiger partial charge < -0.3 is 5.73 Å². The highest BCUT2D eigenvalue weighted by Crippen LogP contribution is 2.22. The third-order valence-corrected chi connectivity index (χ3v) is 2.22. The molecule has 0 radical (unpaired) electrons. The Bertz CT molecular complexity index is 394. The molecule has 0 saturated carbocycles. The second kappa shape index (κ2) is 2.20. The van der Waals surface area contributed by atoms with Gasteiger partial charge >= 0.3 is 0 Å². The molecule has 0 aliphatic heterocycles. The third kappa shape index (κ3) is 0.883. The number of halogens is 1. The van der Waals surface area contributed by atoms with Crippen molar-refractivity contribution in [1.82, 2.24) is 14.6 Å². The normalized spacial score (nSPS) is 10.6. The molecular formula is C6H5BrN4. The summed E-state index contributed by atoms with van der Waals surface area (Å²) in [5, 5.41) is 4.02. The van der Waals surface area contributed by atoms with Crippen LogP contribution in [0, 0.1) is 0 Å². The Morgan fingerprint density at radius 1 is 1.55 bits per heavy atom. The molecule has 0 aliphatic rings. The Kier molecular flexibility index (Phi) is 1.32. The molecule has 0 aromatic carbocycles. The fraction of sp³-hybridized carbons (Fsp3) is 0. The molecule has 0 spiro atoms. The van der Waals surface area contributed by atoms with Crippen molar-refractivity contribution in [2.45, 2.75) is 0 Å². The largest absolute Gasteiger partial charge is 0.381 e. The number of anilines is 1. The molecule has 11 heavy (non-hydrogen) atoms. The molecule has 0 bridgehead atoms. The second-order valence-corrected chi connectivity index (χ2v) is 2.90. The van der Waals surface area contributed by atoms with Gasteiger partial charge in [-0.05, 0) is 15.9 Å². The molecule has 2 heterocycles. The average Bonchev–Trinajstić information content (AvgIpc) is 2.30. The van der Waals surface area contributed by atoms with Gasteiger partial charge in [-0.15, -0.1) is 5.10 Å². The van der Waals surface area contributed by atoms with E-state index >= 15 is 0 Å². The lowest BCUT2D eigenvalue weighted by atomic mass is 10.5. The lowest BCUT2D eigenvalue weighted by Gasteiger charge is -1.87. The van der Waals surface area contributed by atoms with Gasteiger partial charge in [-0.2, -0.15) is 0 Å². The molecule has 0 saturated heterocycles. The molecule has 4 nitrogen and oxygen atoms in total. The van der Waals surface area contributed by atoms with Crippen molar-refractivity contribution < 1.29 is 0 Å². The molecule has 2 aromatic heterocycles. The van der Waals surface area contributed by atoms with Gasteiger partial charge in [-0.3, -0.25) is 4.98 Å². The van der Waals surface area contributed by atoms with Crippen LogP contribution in [0.2, 0.25) is 0 Å². The fourth-order valence-electron chi connectivity index (χ4n) is 0.890. The standard InChI is InChI=1S/C6H5BrN4/c7-5-4-3-9-1-2-11(4)10-6(5)8/h1-3H,(H2,8,10). The number of hydrogen-bond donors (Lipinski definition) is 1. The molecule has 0 aliphatic carbocycles. The van der Waals surface area contributed by atoms with Gasteiger partial charge in [0.2, 0.25) is 0 Å². The van der Waals surface area contributed by atoms with E-state index in [-0.39, 0.29) is 0 Å². The minimum absolute atomic E-state index is 0.484. The number of nitrogens with two attached hydrogens (primary N) is 1. The van der Waals surface area contributed by atoms with Gasteiger partial charge in [-0.25, -0.2) is 4.52 Å². The van der Waals surface area contributed by atoms with E-state index < -0.39 is 0 Å². The molecule has 2 N–H and O–H groups in total. The molecule has 0 amide bonds. The Morgan fingerprint density at radius 3 is 3.09 bits per heavy atom. The molecule has 0 unspecified atom stereocenters. The average molecular weight is 213 g/mol. The van der Waals surface area contributed by atoms with Crippen LogP contribution in [0.1, 0.15) is 0 Å². The highest BCUT2D eigenvalue weighted by Gasteiger charge is 2.04. The van der Waals surface area contributed by atoms with Gasteiger partial charge in [0.25, 0.3) is 0 Å². The highest BCUT2D eigenvalue weighted by molar-refractivity contribution is 9.10. The summed E-state index contributed by atoms with van der Waals surface area (Å²) in [7, 11) is 0. The van der Waals surface area contributed by atoms with Gasteiger partial charge in [0.05, 0.1) is 10.7 Å². The molecule has 5 heteroatoms. The molecule has 2 aromatic rings. The van der Waals surface area contributed by atoms with E-state index in [4.69, 9.17) is 5.73 Å². The summed E-state index contributed by atoms with van der Waals surface area (Å²) in [5.74, 6) is 0.484. The number of hydrogen-bond acceptors (Lipinski definition) is 3. The van der Waals surface area contributed by atoms with Crippen molar-refractivity contribution in [2.75, 3.05) is 5.73 Å². The number of aromatic nitrogens is 3. The van der Waals surface area contributed by atoms with E-state index in [1.807, 2.05) is 0 Å². The Hall–Kier alpha value is -1.10. The summed E-state index contributed by atoms with van der Waals surface area (Å²) in [6.07, 6.45) is 5.11. The van der Waals surface area contributed by atoms with E-state index in [2.05, 4.69) is 26.0 Å². The van der Waals surface area contributed by atoms with E-state index in [0.29, 0.717) is 5.82 Å². The SMILES string of the molecule is Nc1nn2ccncc2c1Br. The first-order valence-corrected chi connectivity index (χ1v) is 3.81. The zero-order valence-electron chi connectivity index (χ0n) is 5.53. The summed E-state index contributed by atoms with van der Waals surface area (Å²) in [5.41, 5.74) is 6.43. The van der Waals surface area contributed by atoms with Crippen LogP contribution < -0.4 is 5.73 Å². The van der Waals surface area contributed by atoms with Crippen LogP contribution in [0.4, 0.5) is 5.82 Å². The smallest absolute Gasteiger partial charge is 0.160 e. The van der Waals surface area contributed by atoms with E-state index in [1.165, 1.54) is 0 Å². The molecular weight excluding hydrogens is 208 g/mol. The van der Waals surface area contributed by atoms with Crippen molar-refractivity contribution >= 4 is 27.3 Å². The summed E-state index contributed by atoms with van der Waals surface area (Å²) in [4.78, 5) is 3.94. The van der Waals surface area contributed by atoms with Crippen LogP contribution in [-0.4, -0.2) is 14.6 Å². The van der Waals surface area contributed by atoms with E-state index in [0.717, 1.165) is 9.99 Å². The summed E-state index contributed by atoms with van der Waals surface area (Å²) < 4.78 is 2.47. The monoisotopic (exact) mass is 212 g/mol. The van der Waals surface area contributed by atoms with Crippen LogP contribution >= 0.6 is 15.9 Å². The maximum atomic E-state index is 5.55. The maximum Gasteiger partial charge on any atom is 0.160 e. The van der Waals surface area contributed by atoms with Crippen LogP contribution in [0.3, 0.4) is 0 Å². The summed E-state index contributed by atoms with van der Waals surface area (Å²) >= 11 is 3.30. The molecule has 56 valence electrons. The third-order valence-electron chi connectivity index (χ3n) is 1.40. The number of fused-ring (bicyclic) bond motifs is 1. The van der Waals surface area contributed by atoms with Crippen LogP contribution in [0.25, 0.3) is 5.52 Å². The quantitative estimate of drug-likeness (QED) is 0.712. The lowest BCUT2D eigenvalue weighted by Crippen LogP contribution is -1.88. The maximum absolute atomic E-state index is 5.55. The Morgan fingerprint density at radius 2 is 2.36 bits per heavy atom. The minimum atomic E-state index is 0.484. The Labute approximate surface area is 71.2 Å². The van der Waals surface area contributed by atoms with Gasteiger partial charge in [0, 0.05) is 12.4 Å². The van der Waals surface area contributed by atoms with Gasteiger partial charge in [0.1, 0.15) is 5.52 Å². The first kappa shape index (κ1) is 6.60. The van der Waals surface area contributed by atoms with Crippen LogP contribution in [-0.2, 0) is 0 Å². The van der Waals surface area contributed by atoms with Crippen molar-refractivity contribution in [1.29, 1.82) is 0 Å². The summed E-state index contributed by atoms with van der Waals surface area (Å²) in [6, 6.07) is 0. The molecule has 0 fully saturated rings. The highest BCUT2D eigenvalue weighted by atomic mass is 79.9. The molecule has 2 rings (SSSR count). The van der Waals surface area contributed by atoms with E-state index in [1.54, 1.807) is 23.1 Å². The first-order valence-electron chi connectivity index (χ1n) is 3.02. The first-order chi connectivity index (χ1) is 5.29. The Balaban J connectivity index is 2.92. The van der Waals surface area contributed by atoms with Crippen LogP contribution in [0.15, 0.2) is 23.1 Å². The van der Waals surface area contributed by atoms with Crippen molar-refractivity contribution in [3.05, 3.63) is 23.1 Å². The predicted molar refractivity (Wildman–Crippen MR) is 45.1 cm³/mol.